The maximum Gasteiger partial charge on any atom is 0.341 e. The first-order valence-corrected chi connectivity index (χ1v) is 6.26. The van der Waals surface area contributed by atoms with Gasteiger partial charge in [0, 0.05) is 30.5 Å². The van der Waals surface area contributed by atoms with Crippen LogP contribution in [-0.4, -0.2) is 20.6 Å². The minimum atomic E-state index is -1.21. The molecule has 0 radical (unpaired) electrons. The van der Waals surface area contributed by atoms with Crippen LogP contribution in [0.25, 0.3) is 21.7 Å². The van der Waals surface area contributed by atoms with E-state index in [2.05, 4.69) is 4.98 Å². The van der Waals surface area contributed by atoms with Gasteiger partial charge < -0.3 is 9.67 Å². The van der Waals surface area contributed by atoms with E-state index in [-0.39, 0.29) is 5.56 Å². The molecule has 0 saturated carbocycles. The lowest BCUT2D eigenvalue weighted by atomic mass is 10.0. The van der Waals surface area contributed by atoms with E-state index in [1.165, 1.54) is 6.20 Å². The Hall–Kier alpha value is -2.69. The van der Waals surface area contributed by atoms with Crippen LogP contribution < -0.4 is 5.43 Å². The fourth-order valence-electron chi connectivity index (χ4n) is 2.46. The molecule has 0 atom stereocenters. The lowest BCUT2D eigenvalue weighted by molar-refractivity contribution is 0.0695. The van der Waals surface area contributed by atoms with E-state index in [0.29, 0.717) is 17.3 Å². The Bertz CT molecular complexity index is 897. The van der Waals surface area contributed by atoms with Gasteiger partial charge in [-0.25, -0.2) is 4.79 Å². The number of carbonyl (C=O) groups is 1. The van der Waals surface area contributed by atoms with Crippen LogP contribution in [0.5, 0.6) is 0 Å². The lowest BCUT2D eigenvalue weighted by Gasteiger charge is -2.11. The zero-order valence-corrected chi connectivity index (χ0v) is 10.8. The molecule has 0 saturated heterocycles. The molecule has 20 heavy (non-hydrogen) atoms. The Labute approximate surface area is 114 Å². The van der Waals surface area contributed by atoms with Crippen LogP contribution in [0.4, 0.5) is 0 Å². The number of benzene rings is 1. The second-order valence-corrected chi connectivity index (χ2v) is 4.52. The van der Waals surface area contributed by atoms with Gasteiger partial charge in [0.15, 0.2) is 0 Å². The summed E-state index contributed by atoms with van der Waals surface area (Å²) in [5.41, 5.74) is 0.0505. The molecule has 2 aromatic heterocycles. The molecule has 1 N–H and O–H groups in total. The number of carboxylic acid groups (broad SMARTS) is 1. The van der Waals surface area contributed by atoms with E-state index >= 15 is 0 Å². The first-order chi connectivity index (χ1) is 9.63. The van der Waals surface area contributed by atoms with Crippen molar-refractivity contribution >= 4 is 27.6 Å². The maximum absolute atomic E-state index is 12.4. The molecule has 1 aromatic carbocycles. The normalized spacial score (nSPS) is 11.1. The number of nitrogens with zero attached hydrogens (tertiary/aromatic N) is 2. The van der Waals surface area contributed by atoms with Crippen molar-refractivity contribution in [2.24, 2.45) is 0 Å². The minimum Gasteiger partial charge on any atom is -0.477 e. The molecule has 0 aliphatic rings. The van der Waals surface area contributed by atoms with Crippen LogP contribution in [0.1, 0.15) is 17.3 Å². The summed E-state index contributed by atoms with van der Waals surface area (Å²) in [5.74, 6) is -1.21. The molecule has 0 amide bonds. The molecule has 3 aromatic rings. The van der Waals surface area contributed by atoms with Crippen LogP contribution in [-0.2, 0) is 6.54 Å². The van der Waals surface area contributed by atoms with Crippen molar-refractivity contribution in [2.75, 3.05) is 0 Å². The Morgan fingerprint density at radius 3 is 2.85 bits per heavy atom. The van der Waals surface area contributed by atoms with Gasteiger partial charge in [-0.1, -0.05) is 6.07 Å². The average molecular weight is 268 g/mol. The molecule has 100 valence electrons. The van der Waals surface area contributed by atoms with Crippen molar-refractivity contribution in [1.29, 1.82) is 0 Å². The predicted molar refractivity (Wildman–Crippen MR) is 76.1 cm³/mol. The van der Waals surface area contributed by atoms with Gasteiger partial charge >= 0.3 is 5.97 Å². The Balaban J connectivity index is 2.62. The van der Waals surface area contributed by atoms with E-state index in [1.54, 1.807) is 23.0 Å². The number of aromatic carboxylic acids is 1. The topological polar surface area (TPSA) is 72.2 Å². The number of hydrogen-bond acceptors (Lipinski definition) is 3. The summed E-state index contributed by atoms with van der Waals surface area (Å²) in [6.07, 6.45) is 4.65. The number of carboxylic acids is 1. The summed E-state index contributed by atoms with van der Waals surface area (Å²) in [4.78, 5) is 27.7. The van der Waals surface area contributed by atoms with Gasteiger partial charge in [0.1, 0.15) is 5.56 Å². The average Bonchev–Trinajstić information content (AvgIpc) is 2.46. The number of fused-ring (bicyclic) bond motifs is 3. The molecular formula is C15H12N2O3. The highest BCUT2D eigenvalue weighted by Gasteiger charge is 2.15. The zero-order valence-electron chi connectivity index (χ0n) is 10.8. The molecule has 0 spiro atoms. The van der Waals surface area contributed by atoms with Gasteiger partial charge in [0.05, 0.1) is 10.9 Å². The Morgan fingerprint density at radius 1 is 1.35 bits per heavy atom. The SMILES string of the molecule is CCn1cc(C(=O)O)c(=O)c2c3cnccc3ccc21. The van der Waals surface area contributed by atoms with E-state index in [0.717, 1.165) is 10.9 Å². The number of pyridine rings is 2. The summed E-state index contributed by atoms with van der Waals surface area (Å²) < 4.78 is 1.77. The third kappa shape index (κ3) is 1.67. The summed E-state index contributed by atoms with van der Waals surface area (Å²) in [7, 11) is 0. The van der Waals surface area contributed by atoms with Crippen LogP contribution in [0.15, 0.2) is 41.6 Å². The summed E-state index contributed by atoms with van der Waals surface area (Å²) in [5, 5.41) is 11.2. The molecule has 0 aliphatic heterocycles. The summed E-state index contributed by atoms with van der Waals surface area (Å²) in [6, 6.07) is 5.55. The van der Waals surface area contributed by atoms with Crippen LogP contribution in [0.3, 0.4) is 0 Å². The molecule has 0 unspecified atom stereocenters. The van der Waals surface area contributed by atoms with Crippen molar-refractivity contribution in [2.45, 2.75) is 13.5 Å². The van der Waals surface area contributed by atoms with Crippen LogP contribution in [0, 0.1) is 0 Å². The molecule has 5 heteroatoms. The Kier molecular flexibility index (Phi) is 2.75. The zero-order chi connectivity index (χ0) is 14.3. The summed E-state index contributed by atoms with van der Waals surface area (Å²) >= 11 is 0. The third-order valence-electron chi connectivity index (χ3n) is 3.44. The fraction of sp³-hybridized carbons (Fsp3) is 0.133. The highest BCUT2D eigenvalue weighted by molar-refractivity contribution is 6.07. The van der Waals surface area contributed by atoms with Gasteiger partial charge in [0.2, 0.25) is 5.43 Å². The standard InChI is InChI=1S/C15H12N2O3/c1-2-17-8-11(15(19)20)14(18)13-10-7-16-6-5-9(10)3-4-12(13)17/h3-8H,2H2,1H3,(H,19,20). The molecule has 3 rings (SSSR count). The fourth-order valence-corrected chi connectivity index (χ4v) is 2.46. The number of aromatic nitrogens is 2. The van der Waals surface area contributed by atoms with Crippen molar-refractivity contribution in [3.63, 3.8) is 0 Å². The monoisotopic (exact) mass is 268 g/mol. The second kappa shape index (κ2) is 4.45. The van der Waals surface area contributed by atoms with Gasteiger partial charge in [-0.3, -0.25) is 9.78 Å². The van der Waals surface area contributed by atoms with E-state index in [9.17, 15) is 14.7 Å². The number of hydrogen-bond donors (Lipinski definition) is 1. The molecule has 0 bridgehead atoms. The third-order valence-corrected chi connectivity index (χ3v) is 3.44. The van der Waals surface area contributed by atoms with Gasteiger partial charge in [-0.05, 0) is 24.4 Å². The molecule has 0 fully saturated rings. The van der Waals surface area contributed by atoms with E-state index in [4.69, 9.17) is 0 Å². The predicted octanol–water partition coefficient (Wildman–Crippen LogP) is 2.27. The molecule has 2 heterocycles. The first-order valence-electron chi connectivity index (χ1n) is 6.26. The maximum atomic E-state index is 12.4. The minimum absolute atomic E-state index is 0.212. The highest BCUT2D eigenvalue weighted by atomic mass is 16.4. The number of aryl methyl sites for hydroxylation is 1. The van der Waals surface area contributed by atoms with Gasteiger partial charge in [-0.15, -0.1) is 0 Å². The molecule has 0 aliphatic carbocycles. The largest absolute Gasteiger partial charge is 0.477 e. The second-order valence-electron chi connectivity index (χ2n) is 4.52. The van der Waals surface area contributed by atoms with Crippen molar-refractivity contribution in [3.8, 4) is 0 Å². The van der Waals surface area contributed by atoms with E-state index < -0.39 is 11.4 Å². The number of rotatable bonds is 2. The van der Waals surface area contributed by atoms with Crippen LogP contribution >= 0.6 is 0 Å². The lowest BCUT2D eigenvalue weighted by Crippen LogP contribution is -2.18. The molecular weight excluding hydrogens is 256 g/mol. The van der Waals surface area contributed by atoms with Crippen LogP contribution in [0.2, 0.25) is 0 Å². The van der Waals surface area contributed by atoms with Crippen molar-refractivity contribution in [3.05, 3.63) is 52.6 Å². The first kappa shape index (κ1) is 12.3. The summed E-state index contributed by atoms with van der Waals surface area (Å²) in [6.45, 7) is 2.49. The Morgan fingerprint density at radius 2 is 2.15 bits per heavy atom. The molecule has 5 nitrogen and oxygen atoms in total. The smallest absolute Gasteiger partial charge is 0.341 e. The van der Waals surface area contributed by atoms with Gasteiger partial charge in [-0.2, -0.15) is 0 Å². The van der Waals surface area contributed by atoms with Crippen molar-refractivity contribution in [1.82, 2.24) is 9.55 Å². The van der Waals surface area contributed by atoms with Gasteiger partial charge in [0.25, 0.3) is 0 Å². The highest BCUT2D eigenvalue weighted by Crippen LogP contribution is 2.22. The van der Waals surface area contributed by atoms with E-state index in [1.807, 2.05) is 19.1 Å². The quantitative estimate of drug-likeness (QED) is 0.724. The van der Waals surface area contributed by atoms with Crippen molar-refractivity contribution < 1.29 is 9.90 Å².